The molecule has 27 aromatic rings. The number of pyridine rings is 4. The van der Waals surface area contributed by atoms with Gasteiger partial charge in [0.15, 0.2) is 18.6 Å². The van der Waals surface area contributed by atoms with Crippen molar-refractivity contribution < 1.29 is 116 Å². The molecule has 0 amide bonds. The molecule has 0 bridgehead atoms. The molecule has 20 heteroatoms. The van der Waals surface area contributed by atoms with Crippen molar-refractivity contribution in [3.05, 3.63) is 486 Å². The summed E-state index contributed by atoms with van der Waals surface area (Å²) in [7, 11) is 0. The molecule has 19 aromatic carbocycles. The summed E-state index contributed by atoms with van der Waals surface area (Å²) in [6, 6.07) is 157. The first-order valence-electron chi connectivity index (χ1n) is 47.1. The van der Waals surface area contributed by atoms with Crippen molar-refractivity contribution in [2.45, 2.75) is 0 Å². The number of nitrogens with zero attached hydrogens (tertiary/aromatic N) is 8. The average Bonchev–Trinajstić information content (AvgIpc) is 1.63. The van der Waals surface area contributed by atoms with Crippen LogP contribution in [-0.4, -0.2) is 38.2 Å². The van der Waals surface area contributed by atoms with E-state index < -0.39 is 0 Å². The third kappa shape index (κ3) is 18.1. The zero-order valence-corrected chi connectivity index (χ0v) is 80.4. The molecule has 0 spiro atoms. The van der Waals surface area contributed by atoms with Crippen LogP contribution in [0, 0.1) is 0 Å². The van der Waals surface area contributed by atoms with E-state index in [0.29, 0.717) is 27.6 Å². The molecule has 0 aliphatic heterocycles. The Morgan fingerprint density at radius 3 is 1.05 bits per heavy atom. The van der Waals surface area contributed by atoms with Crippen molar-refractivity contribution >= 4 is 109 Å². The zero-order valence-electron chi connectivity index (χ0n) is 80.4. The number of imidazole rings is 4. The first kappa shape index (κ1) is 96.3. The fourth-order valence-corrected chi connectivity index (χ4v) is 19.8. The largest absolute Gasteiger partial charge is 1.00 e. The number of nitrogens with one attached hydrogen (secondary N) is 4. The van der Waals surface area contributed by atoms with Crippen LogP contribution < -0.4 is 116 Å². The summed E-state index contributed by atoms with van der Waals surface area (Å²) < 4.78 is 8.78. The predicted molar refractivity (Wildman–Crippen MR) is 562 cm³/mol. The predicted octanol–water partition coefficient (Wildman–Crippen LogP) is 13.6. The molecule has 0 atom stereocenters. The SMILES string of the molecule is [Li+].[Li+].[Li+].[Li+].[O-]c1c(-c2ccccc2-c2nc3ccccc3n2-c2ccccc2)ccc2ccc[nH+]c12.[O-]c1ccc(-c2c3ccccc3cc3cc(-c4ccc(-c5nc6ccccc6n5-c5ccccc5)cc4)ccc23)c2ccc[nH+]c12.[O-]c1ccc(-c2ccccc2-c2nc3ccccc3n2-c2ccccc2)c2ccc[nH+]c12.[O-]c1cccc2ccc(-c3ccccc3-c3nc4ccccc4n3-c3ccccc3)[nH+]c12. The van der Waals surface area contributed by atoms with E-state index in [1.807, 2.05) is 255 Å². The standard InChI is InChI=1S/C42H27N3O.3C28H19N3O.4Li/c46-39-23-22-35(36-13-8-24-43-41(36)39)40-33-12-5-4-9-30(33)26-31-25-29(20-21-34(31)40)27-16-18-28(19-17-27)42-44-37-14-6-7-15-38(37)45(42)32-10-2-1-3-11-32;32-27-22(17-16-19-9-8-18-29-26(19)27)21-12-4-5-13-23(21)28-30-24-14-6-7-15-25(24)31(28)20-10-2-1-3-11-20;32-26-16-8-9-19-17-18-23(29-27(19)26)21-12-4-5-13-22(21)28-30-24-14-6-7-15-25(24)31(28)20-10-2-1-3-11-20;32-26-17-16-21(22-13-8-18-29-27(22)26)20-11-4-5-12-23(20)28-30-24-14-6-7-15-25(24)31(28)19-9-2-1-3-10-19;;;;/h1-26,46H;3*1-18,32H;;;;/q;;;;4*+1. The van der Waals surface area contributed by atoms with Gasteiger partial charge in [-0.05, 0) is 241 Å². The quantitative estimate of drug-likeness (QED) is 0.0796. The van der Waals surface area contributed by atoms with Gasteiger partial charge >= 0.3 is 75.4 Å². The molecule has 0 aliphatic rings. The smallest absolute Gasteiger partial charge is 0.868 e. The maximum absolute atomic E-state index is 13.4. The Hall–Kier alpha value is -17.2. The van der Waals surface area contributed by atoms with Gasteiger partial charge in [0.25, 0.3) is 0 Å². The fourth-order valence-electron chi connectivity index (χ4n) is 19.8. The van der Waals surface area contributed by atoms with Crippen LogP contribution in [0.15, 0.2) is 486 Å². The van der Waals surface area contributed by atoms with Gasteiger partial charge in [-0.15, -0.1) is 0 Å². The number of H-pyrrole nitrogens is 4. The number of benzene rings is 19. The fraction of sp³-hybridized carbons (Fsp3) is 0. The van der Waals surface area contributed by atoms with Crippen LogP contribution in [-0.2, 0) is 0 Å². The molecule has 0 unspecified atom stereocenters. The maximum Gasteiger partial charge on any atom is 1.00 e. The Morgan fingerprint density at radius 2 is 0.541 bits per heavy atom. The monoisotopic (exact) mass is 1860 g/mol. The molecule has 27 rings (SSSR count). The molecule has 0 aliphatic carbocycles. The second-order valence-corrected chi connectivity index (χ2v) is 34.8. The molecule has 8 heterocycles. The van der Waals surface area contributed by atoms with Crippen molar-refractivity contribution in [3.8, 4) is 147 Å². The second kappa shape index (κ2) is 42.2. The molecule has 0 fully saturated rings. The van der Waals surface area contributed by atoms with Crippen LogP contribution in [0.3, 0.4) is 0 Å². The molecule has 146 heavy (non-hydrogen) atoms. The summed E-state index contributed by atoms with van der Waals surface area (Å²) in [6.45, 7) is 0. The molecule has 4 N–H and O–H groups in total. The topological polar surface area (TPSA) is 220 Å². The molecule has 16 nitrogen and oxygen atoms in total. The van der Waals surface area contributed by atoms with Gasteiger partial charge in [-0.1, -0.05) is 291 Å². The van der Waals surface area contributed by atoms with Gasteiger partial charge in [0.05, 0.1) is 60.5 Å². The van der Waals surface area contributed by atoms with E-state index in [0.717, 1.165) is 206 Å². The second-order valence-electron chi connectivity index (χ2n) is 34.8. The first-order chi connectivity index (χ1) is 70.1. The van der Waals surface area contributed by atoms with E-state index >= 15 is 0 Å². The Balaban J connectivity index is 0.000000119. The zero-order chi connectivity index (χ0) is 95.1. The third-order valence-electron chi connectivity index (χ3n) is 26.4. The molecule has 0 radical (unpaired) electrons. The Bertz CT molecular complexity index is 9500. The molecular formula is C126H84Li4N12O4+4. The average molecular weight is 1860 g/mol. The van der Waals surface area contributed by atoms with E-state index in [1.54, 1.807) is 36.7 Å². The van der Waals surface area contributed by atoms with Crippen molar-refractivity contribution in [1.29, 1.82) is 0 Å². The van der Waals surface area contributed by atoms with Crippen molar-refractivity contribution in [2.24, 2.45) is 0 Å². The Labute approximate surface area is 888 Å². The van der Waals surface area contributed by atoms with Gasteiger partial charge in [0.2, 0.25) is 27.8 Å². The summed E-state index contributed by atoms with van der Waals surface area (Å²) in [5.74, 6) is 3.40. The number of aromatic nitrogens is 12. The molecule has 0 saturated carbocycles. The van der Waals surface area contributed by atoms with Crippen LogP contribution in [0.1, 0.15) is 0 Å². The molecule has 0 saturated heterocycles. The molecule has 8 aromatic heterocycles. The van der Waals surface area contributed by atoms with Gasteiger partial charge in [0, 0.05) is 80.0 Å². The molecular weight excluding hydrogens is 1770 g/mol. The number of rotatable bonds is 13. The third-order valence-corrected chi connectivity index (χ3v) is 26.4. The van der Waals surface area contributed by atoms with Gasteiger partial charge in [-0.2, -0.15) is 0 Å². The Morgan fingerprint density at radius 1 is 0.199 bits per heavy atom. The van der Waals surface area contributed by atoms with Gasteiger partial charge in [-0.25, -0.2) is 39.9 Å². The first-order valence-corrected chi connectivity index (χ1v) is 47.1. The van der Waals surface area contributed by atoms with Crippen molar-refractivity contribution in [2.75, 3.05) is 0 Å². The maximum atomic E-state index is 13.4. The summed E-state index contributed by atoms with van der Waals surface area (Å²) in [5.41, 5.74) is 28.5. The number of fused-ring (bicyclic) bond motifs is 10. The minimum Gasteiger partial charge on any atom is -0.868 e. The number of para-hydroxylation sites is 13. The van der Waals surface area contributed by atoms with Crippen LogP contribution in [0.4, 0.5) is 0 Å². The van der Waals surface area contributed by atoms with Gasteiger partial charge in [-0.3, -0.25) is 18.3 Å². The summed E-state index contributed by atoms with van der Waals surface area (Å²) in [4.78, 5) is 32.8. The molecule has 672 valence electrons. The van der Waals surface area contributed by atoms with E-state index in [4.69, 9.17) is 19.9 Å². The van der Waals surface area contributed by atoms with Gasteiger partial charge < -0.3 is 20.4 Å². The minimum atomic E-state index is -0.0158. The van der Waals surface area contributed by atoms with Crippen molar-refractivity contribution in [1.82, 2.24) is 38.2 Å². The van der Waals surface area contributed by atoms with Crippen LogP contribution >= 0.6 is 0 Å². The normalized spacial score (nSPS) is 11.0. The van der Waals surface area contributed by atoms with E-state index in [2.05, 4.69) is 232 Å². The Kier molecular flexibility index (Phi) is 27.8. The van der Waals surface area contributed by atoms with Crippen LogP contribution in [0.5, 0.6) is 23.0 Å². The van der Waals surface area contributed by atoms with Gasteiger partial charge in [0.1, 0.15) is 23.3 Å². The van der Waals surface area contributed by atoms with Crippen LogP contribution in [0.2, 0.25) is 0 Å². The van der Waals surface area contributed by atoms with E-state index in [1.165, 1.54) is 0 Å². The number of aromatic amines is 4. The minimum absolute atomic E-state index is 0. The summed E-state index contributed by atoms with van der Waals surface area (Å²) in [5, 5.41) is 59.2. The van der Waals surface area contributed by atoms with Crippen molar-refractivity contribution in [3.63, 3.8) is 0 Å². The van der Waals surface area contributed by atoms with E-state index in [-0.39, 0.29) is 98.4 Å². The number of hydrogen-bond acceptors (Lipinski definition) is 8. The van der Waals surface area contributed by atoms with Crippen LogP contribution in [0.25, 0.3) is 233 Å². The number of hydrogen-bond donors (Lipinski definition) is 0. The summed E-state index contributed by atoms with van der Waals surface area (Å²) in [6.07, 6.45) is 5.38. The summed E-state index contributed by atoms with van der Waals surface area (Å²) >= 11 is 0. The van der Waals surface area contributed by atoms with E-state index in [9.17, 15) is 20.4 Å².